The van der Waals surface area contributed by atoms with E-state index in [1.807, 2.05) is 31.2 Å². The van der Waals surface area contributed by atoms with Crippen LogP contribution in [0.25, 0.3) is 0 Å². The number of nitrogens with one attached hydrogen (secondary N) is 2. The predicted molar refractivity (Wildman–Crippen MR) is 78.4 cm³/mol. The molecule has 3 nitrogen and oxygen atoms in total. The monoisotopic (exact) mass is 261 g/mol. The number of carbonyl (C=O) groups excluding carboxylic acids is 1. The summed E-state index contributed by atoms with van der Waals surface area (Å²) >= 11 is 0. The Morgan fingerprint density at radius 1 is 1.47 bits per heavy atom. The number of quaternary nitrogens is 1. The molecule has 0 aromatic heterocycles. The van der Waals surface area contributed by atoms with Crippen LogP contribution < -0.4 is 10.2 Å². The lowest BCUT2D eigenvalue weighted by atomic mass is 10.0. The van der Waals surface area contributed by atoms with Crippen LogP contribution in [0.1, 0.15) is 31.7 Å². The molecule has 104 valence electrons. The average Bonchev–Trinajstić information content (AvgIpc) is 2.36. The number of piperidine rings is 1. The van der Waals surface area contributed by atoms with E-state index >= 15 is 0 Å². The average molecular weight is 261 g/mol. The highest BCUT2D eigenvalue weighted by Gasteiger charge is 2.20. The highest BCUT2D eigenvalue weighted by atomic mass is 16.1. The van der Waals surface area contributed by atoms with Gasteiger partial charge in [-0.3, -0.25) is 4.79 Å². The molecule has 0 bridgehead atoms. The summed E-state index contributed by atoms with van der Waals surface area (Å²) in [6.45, 7) is 7.75. The number of benzene rings is 1. The van der Waals surface area contributed by atoms with Crippen LogP contribution in [0.3, 0.4) is 0 Å². The van der Waals surface area contributed by atoms with Gasteiger partial charge in [0.25, 0.3) is 0 Å². The molecule has 0 saturated carbocycles. The second-order valence-corrected chi connectivity index (χ2v) is 5.87. The zero-order chi connectivity index (χ0) is 13.7. The minimum Gasteiger partial charge on any atom is -0.334 e. The van der Waals surface area contributed by atoms with Gasteiger partial charge in [-0.1, -0.05) is 19.1 Å². The van der Waals surface area contributed by atoms with E-state index in [4.69, 9.17) is 0 Å². The zero-order valence-electron chi connectivity index (χ0n) is 12.0. The summed E-state index contributed by atoms with van der Waals surface area (Å²) in [4.78, 5) is 13.5. The van der Waals surface area contributed by atoms with Gasteiger partial charge >= 0.3 is 0 Å². The minimum atomic E-state index is 0.135. The fourth-order valence-electron chi connectivity index (χ4n) is 2.86. The first-order chi connectivity index (χ1) is 9.13. The molecule has 1 aromatic rings. The summed E-state index contributed by atoms with van der Waals surface area (Å²) in [5, 5.41) is 2.98. The van der Waals surface area contributed by atoms with Crippen molar-refractivity contribution in [1.29, 1.82) is 0 Å². The third kappa shape index (κ3) is 4.67. The molecule has 1 fully saturated rings. The lowest BCUT2D eigenvalue weighted by molar-refractivity contribution is -0.907. The van der Waals surface area contributed by atoms with Crippen LogP contribution in [0.2, 0.25) is 0 Å². The standard InChI is InChI=1S/C16H24N2O/c1-13-5-3-7-15(11-13)17-16(19)8-10-18-9-4-6-14(2)12-18/h3,5,7,11,14H,4,6,8-10,12H2,1-2H3,(H,17,19)/p+1/t14-/m0/s1. The van der Waals surface area contributed by atoms with Crippen molar-refractivity contribution in [2.24, 2.45) is 5.92 Å². The topological polar surface area (TPSA) is 33.5 Å². The van der Waals surface area contributed by atoms with Crippen molar-refractivity contribution in [2.75, 3.05) is 25.0 Å². The molecule has 1 amide bonds. The van der Waals surface area contributed by atoms with Crippen LogP contribution in [0, 0.1) is 12.8 Å². The van der Waals surface area contributed by atoms with Crippen LogP contribution >= 0.6 is 0 Å². The van der Waals surface area contributed by atoms with Gasteiger partial charge in [0.1, 0.15) is 0 Å². The molecule has 3 heteroatoms. The number of anilines is 1. The Morgan fingerprint density at radius 3 is 3.05 bits per heavy atom. The van der Waals surface area contributed by atoms with E-state index in [1.54, 1.807) is 4.90 Å². The fraction of sp³-hybridized carbons (Fsp3) is 0.562. The zero-order valence-corrected chi connectivity index (χ0v) is 12.0. The Morgan fingerprint density at radius 2 is 2.32 bits per heavy atom. The van der Waals surface area contributed by atoms with Gasteiger partial charge in [0.15, 0.2) is 0 Å². The number of aryl methyl sites for hydroxylation is 1. The van der Waals surface area contributed by atoms with Crippen LogP contribution in [-0.2, 0) is 4.79 Å². The predicted octanol–water partition coefficient (Wildman–Crippen LogP) is 1.64. The summed E-state index contributed by atoms with van der Waals surface area (Å²) in [5.41, 5.74) is 2.08. The molecule has 1 aliphatic rings. The van der Waals surface area contributed by atoms with Gasteiger partial charge in [0.05, 0.1) is 26.1 Å². The number of rotatable bonds is 4. The Balaban J connectivity index is 1.75. The molecule has 1 unspecified atom stereocenters. The number of likely N-dealkylation sites (tertiary alicyclic amines) is 1. The van der Waals surface area contributed by atoms with Crippen LogP contribution in [0.15, 0.2) is 24.3 Å². The van der Waals surface area contributed by atoms with E-state index in [2.05, 4.69) is 12.2 Å². The van der Waals surface area contributed by atoms with Crippen LogP contribution in [0.4, 0.5) is 5.69 Å². The summed E-state index contributed by atoms with van der Waals surface area (Å²) in [6, 6.07) is 7.96. The van der Waals surface area contributed by atoms with E-state index in [9.17, 15) is 4.79 Å². The molecule has 2 atom stereocenters. The molecule has 1 aliphatic heterocycles. The molecule has 1 saturated heterocycles. The Kier molecular flexibility index (Phi) is 4.97. The highest BCUT2D eigenvalue weighted by Crippen LogP contribution is 2.09. The Hall–Kier alpha value is -1.35. The summed E-state index contributed by atoms with van der Waals surface area (Å²) in [6.07, 6.45) is 3.27. The van der Waals surface area contributed by atoms with Gasteiger partial charge in [-0.2, -0.15) is 0 Å². The van der Waals surface area contributed by atoms with Gasteiger partial charge in [0.2, 0.25) is 5.91 Å². The SMILES string of the molecule is Cc1cccc(NC(=O)CC[NH+]2CCC[C@H](C)C2)c1. The number of carbonyl (C=O) groups is 1. The molecule has 0 spiro atoms. The van der Waals surface area contributed by atoms with Crippen molar-refractivity contribution in [3.63, 3.8) is 0 Å². The molecule has 1 aromatic carbocycles. The lowest BCUT2D eigenvalue weighted by Crippen LogP contribution is -3.13. The molecular formula is C16H25N2O+. The molecule has 2 N–H and O–H groups in total. The Bertz CT molecular complexity index is 431. The summed E-state index contributed by atoms with van der Waals surface area (Å²) in [5.74, 6) is 0.944. The molecule has 0 radical (unpaired) electrons. The normalized spacial score (nSPS) is 23.1. The lowest BCUT2D eigenvalue weighted by Gasteiger charge is -2.27. The summed E-state index contributed by atoms with van der Waals surface area (Å²) in [7, 11) is 0. The first kappa shape index (κ1) is 14.1. The molecular weight excluding hydrogens is 236 g/mol. The first-order valence-corrected chi connectivity index (χ1v) is 7.33. The van der Waals surface area contributed by atoms with Crippen molar-refractivity contribution in [2.45, 2.75) is 33.1 Å². The van der Waals surface area contributed by atoms with Crippen molar-refractivity contribution < 1.29 is 9.69 Å². The highest BCUT2D eigenvalue weighted by molar-refractivity contribution is 5.90. The molecule has 19 heavy (non-hydrogen) atoms. The first-order valence-electron chi connectivity index (χ1n) is 7.33. The number of amides is 1. The van der Waals surface area contributed by atoms with Crippen molar-refractivity contribution in [3.8, 4) is 0 Å². The number of hydrogen-bond acceptors (Lipinski definition) is 1. The van der Waals surface area contributed by atoms with E-state index in [0.717, 1.165) is 18.2 Å². The maximum absolute atomic E-state index is 11.9. The van der Waals surface area contributed by atoms with Gasteiger partial charge in [-0.25, -0.2) is 0 Å². The maximum atomic E-state index is 11.9. The van der Waals surface area contributed by atoms with E-state index in [0.29, 0.717) is 6.42 Å². The Labute approximate surface area is 116 Å². The largest absolute Gasteiger partial charge is 0.334 e. The van der Waals surface area contributed by atoms with E-state index in [-0.39, 0.29) is 5.91 Å². The van der Waals surface area contributed by atoms with Gasteiger partial charge < -0.3 is 10.2 Å². The third-order valence-electron chi connectivity index (χ3n) is 3.87. The van der Waals surface area contributed by atoms with Crippen molar-refractivity contribution in [3.05, 3.63) is 29.8 Å². The minimum absolute atomic E-state index is 0.135. The van der Waals surface area contributed by atoms with Crippen LogP contribution in [-0.4, -0.2) is 25.5 Å². The molecule has 1 heterocycles. The number of hydrogen-bond donors (Lipinski definition) is 2. The van der Waals surface area contributed by atoms with Gasteiger partial charge in [0, 0.05) is 11.6 Å². The van der Waals surface area contributed by atoms with E-state index < -0.39 is 0 Å². The van der Waals surface area contributed by atoms with Crippen molar-refractivity contribution in [1.82, 2.24) is 0 Å². The van der Waals surface area contributed by atoms with Gasteiger partial charge in [-0.05, 0) is 37.5 Å². The fourth-order valence-corrected chi connectivity index (χ4v) is 2.86. The van der Waals surface area contributed by atoms with Gasteiger partial charge in [-0.15, -0.1) is 0 Å². The maximum Gasteiger partial charge on any atom is 0.230 e. The summed E-state index contributed by atoms with van der Waals surface area (Å²) < 4.78 is 0. The second kappa shape index (κ2) is 6.71. The van der Waals surface area contributed by atoms with Crippen LogP contribution in [0.5, 0.6) is 0 Å². The molecule has 2 rings (SSSR count). The quantitative estimate of drug-likeness (QED) is 0.849. The molecule has 0 aliphatic carbocycles. The smallest absolute Gasteiger partial charge is 0.230 e. The second-order valence-electron chi connectivity index (χ2n) is 5.87. The third-order valence-corrected chi connectivity index (χ3v) is 3.87. The van der Waals surface area contributed by atoms with E-state index in [1.165, 1.54) is 31.5 Å². The van der Waals surface area contributed by atoms with Crippen molar-refractivity contribution >= 4 is 11.6 Å².